The fraction of sp³-hybridized carbons (Fsp3) is 0.250. The fourth-order valence-corrected chi connectivity index (χ4v) is 3.73. The van der Waals surface area contributed by atoms with Crippen molar-refractivity contribution in [2.24, 2.45) is 0 Å². The quantitative estimate of drug-likeness (QED) is 0.814. The van der Waals surface area contributed by atoms with E-state index in [1.54, 1.807) is 0 Å². The van der Waals surface area contributed by atoms with Gasteiger partial charge in [-0.15, -0.1) is 11.6 Å². The SMILES string of the molecule is CN(Cc1cccc(Br)c1)S(=O)(=O)c1[nH]ncc1CCl. The minimum atomic E-state index is -3.63. The molecule has 1 heterocycles. The molecule has 0 bridgehead atoms. The number of halogens is 2. The average Bonchev–Trinajstić information content (AvgIpc) is 2.87. The third kappa shape index (κ3) is 3.22. The maximum atomic E-state index is 12.4. The van der Waals surface area contributed by atoms with Crippen LogP contribution in [0.2, 0.25) is 0 Å². The molecule has 2 rings (SSSR count). The molecule has 20 heavy (non-hydrogen) atoms. The smallest absolute Gasteiger partial charge is 0.260 e. The van der Waals surface area contributed by atoms with Crippen molar-refractivity contribution in [1.29, 1.82) is 0 Å². The molecule has 0 amide bonds. The predicted molar refractivity (Wildman–Crippen MR) is 80.9 cm³/mol. The first kappa shape index (κ1) is 15.5. The molecule has 0 fully saturated rings. The second kappa shape index (κ2) is 6.26. The van der Waals surface area contributed by atoms with Crippen molar-refractivity contribution in [2.75, 3.05) is 7.05 Å². The molecule has 2 aromatic rings. The highest BCUT2D eigenvalue weighted by molar-refractivity contribution is 9.10. The molecule has 0 saturated carbocycles. The number of nitrogens with one attached hydrogen (secondary N) is 1. The fourth-order valence-electron chi connectivity index (χ4n) is 1.75. The third-order valence-electron chi connectivity index (χ3n) is 2.78. The van der Waals surface area contributed by atoms with Crippen molar-refractivity contribution in [2.45, 2.75) is 17.5 Å². The van der Waals surface area contributed by atoms with E-state index in [4.69, 9.17) is 11.6 Å². The van der Waals surface area contributed by atoms with Crippen LogP contribution in [0.5, 0.6) is 0 Å². The highest BCUT2D eigenvalue weighted by Crippen LogP contribution is 2.20. The summed E-state index contributed by atoms with van der Waals surface area (Å²) >= 11 is 9.08. The van der Waals surface area contributed by atoms with Gasteiger partial charge < -0.3 is 0 Å². The van der Waals surface area contributed by atoms with E-state index in [0.717, 1.165) is 10.0 Å². The van der Waals surface area contributed by atoms with Gasteiger partial charge in [-0.2, -0.15) is 9.40 Å². The molecule has 0 aliphatic rings. The van der Waals surface area contributed by atoms with E-state index in [-0.39, 0.29) is 17.5 Å². The van der Waals surface area contributed by atoms with Gasteiger partial charge in [-0.1, -0.05) is 28.1 Å². The Morgan fingerprint density at radius 1 is 1.45 bits per heavy atom. The minimum absolute atomic E-state index is 0.0463. The zero-order valence-corrected chi connectivity index (χ0v) is 13.8. The molecule has 0 saturated heterocycles. The first-order chi connectivity index (χ1) is 9.45. The Morgan fingerprint density at radius 3 is 2.85 bits per heavy atom. The molecule has 0 radical (unpaired) electrons. The van der Waals surface area contributed by atoms with Gasteiger partial charge in [0.1, 0.15) is 0 Å². The number of alkyl halides is 1. The summed E-state index contributed by atoms with van der Waals surface area (Å²) in [6.07, 6.45) is 1.42. The van der Waals surface area contributed by atoms with Crippen molar-refractivity contribution in [3.8, 4) is 0 Å². The summed E-state index contributed by atoms with van der Waals surface area (Å²) in [6.45, 7) is 0.266. The molecule has 0 aliphatic heterocycles. The molecule has 0 unspecified atom stereocenters. The average molecular weight is 379 g/mol. The lowest BCUT2D eigenvalue weighted by Crippen LogP contribution is -2.27. The van der Waals surface area contributed by atoms with Gasteiger partial charge in [0.2, 0.25) is 0 Å². The summed E-state index contributed by atoms with van der Waals surface area (Å²) in [4.78, 5) is 0. The summed E-state index contributed by atoms with van der Waals surface area (Å²) in [5.41, 5.74) is 1.35. The molecule has 1 aromatic carbocycles. The topological polar surface area (TPSA) is 66.1 Å². The van der Waals surface area contributed by atoms with Crippen LogP contribution in [0, 0.1) is 0 Å². The first-order valence-electron chi connectivity index (χ1n) is 5.74. The number of H-pyrrole nitrogens is 1. The summed E-state index contributed by atoms with van der Waals surface area (Å²) in [6, 6.07) is 7.49. The van der Waals surface area contributed by atoms with Gasteiger partial charge in [0.15, 0.2) is 5.03 Å². The van der Waals surface area contributed by atoms with E-state index >= 15 is 0 Å². The van der Waals surface area contributed by atoms with E-state index in [9.17, 15) is 8.42 Å². The Kier molecular flexibility index (Phi) is 4.85. The number of aromatic amines is 1. The highest BCUT2D eigenvalue weighted by Gasteiger charge is 2.25. The van der Waals surface area contributed by atoms with E-state index in [2.05, 4.69) is 26.1 Å². The van der Waals surface area contributed by atoms with Gasteiger partial charge in [-0.05, 0) is 17.7 Å². The van der Waals surface area contributed by atoms with E-state index in [1.807, 2.05) is 24.3 Å². The van der Waals surface area contributed by atoms with Gasteiger partial charge in [-0.25, -0.2) is 8.42 Å². The number of benzene rings is 1. The molecule has 5 nitrogen and oxygen atoms in total. The van der Waals surface area contributed by atoms with Crippen LogP contribution < -0.4 is 0 Å². The van der Waals surface area contributed by atoms with Crippen molar-refractivity contribution in [1.82, 2.24) is 14.5 Å². The van der Waals surface area contributed by atoms with Crippen LogP contribution in [0.25, 0.3) is 0 Å². The summed E-state index contributed by atoms with van der Waals surface area (Å²) in [5.74, 6) is 0.0930. The molecule has 1 N–H and O–H groups in total. The second-order valence-electron chi connectivity index (χ2n) is 4.25. The second-order valence-corrected chi connectivity index (χ2v) is 7.41. The number of nitrogens with zero attached hydrogens (tertiary/aromatic N) is 2. The summed E-state index contributed by atoms with van der Waals surface area (Å²) < 4.78 is 27.1. The van der Waals surface area contributed by atoms with Gasteiger partial charge in [0.05, 0.1) is 12.1 Å². The van der Waals surface area contributed by atoms with E-state index in [1.165, 1.54) is 17.5 Å². The van der Waals surface area contributed by atoms with Crippen LogP contribution in [0.1, 0.15) is 11.1 Å². The molecule has 0 spiro atoms. The lowest BCUT2D eigenvalue weighted by Gasteiger charge is -2.17. The van der Waals surface area contributed by atoms with Gasteiger partial charge in [0, 0.05) is 23.6 Å². The van der Waals surface area contributed by atoms with Crippen LogP contribution in [0.4, 0.5) is 0 Å². The Balaban J connectivity index is 2.26. The molecule has 1 aromatic heterocycles. The highest BCUT2D eigenvalue weighted by atomic mass is 79.9. The molecule has 108 valence electrons. The standard InChI is InChI=1S/C12H13BrClN3O2S/c1-17(8-9-3-2-4-11(13)5-9)20(18,19)12-10(6-14)7-15-16-12/h2-5,7H,6,8H2,1H3,(H,15,16). The molecular formula is C12H13BrClN3O2S. The normalized spacial score (nSPS) is 12.0. The number of rotatable bonds is 5. The lowest BCUT2D eigenvalue weighted by atomic mass is 10.2. The molecular weight excluding hydrogens is 366 g/mol. The van der Waals surface area contributed by atoms with Crippen LogP contribution in [-0.4, -0.2) is 30.0 Å². The predicted octanol–water partition coefficient (Wildman–Crippen LogP) is 2.73. The number of hydrogen-bond acceptors (Lipinski definition) is 3. The first-order valence-corrected chi connectivity index (χ1v) is 8.51. The third-order valence-corrected chi connectivity index (χ3v) is 5.38. The number of sulfonamides is 1. The van der Waals surface area contributed by atoms with Crippen LogP contribution in [0.3, 0.4) is 0 Å². The Labute approximate surface area is 131 Å². The van der Waals surface area contributed by atoms with Crippen molar-refractivity contribution in [3.63, 3.8) is 0 Å². The van der Waals surface area contributed by atoms with Crippen LogP contribution in [-0.2, 0) is 22.4 Å². The van der Waals surface area contributed by atoms with Crippen molar-refractivity contribution >= 4 is 37.6 Å². The molecule has 0 aliphatic carbocycles. The van der Waals surface area contributed by atoms with Gasteiger partial charge in [-0.3, -0.25) is 5.10 Å². The minimum Gasteiger partial charge on any atom is -0.266 e. The summed E-state index contributed by atoms with van der Waals surface area (Å²) in [5, 5.41) is 6.29. The zero-order chi connectivity index (χ0) is 14.8. The number of hydrogen-bond donors (Lipinski definition) is 1. The molecule has 0 atom stereocenters. The summed E-state index contributed by atoms with van der Waals surface area (Å²) in [7, 11) is -2.11. The maximum Gasteiger partial charge on any atom is 0.260 e. The monoisotopic (exact) mass is 377 g/mol. The van der Waals surface area contributed by atoms with Crippen molar-refractivity contribution in [3.05, 3.63) is 46.1 Å². The van der Waals surface area contributed by atoms with E-state index < -0.39 is 10.0 Å². The van der Waals surface area contributed by atoms with Gasteiger partial charge in [0.25, 0.3) is 10.0 Å². The van der Waals surface area contributed by atoms with E-state index in [0.29, 0.717) is 5.56 Å². The van der Waals surface area contributed by atoms with Crippen LogP contribution in [0.15, 0.2) is 40.0 Å². The maximum absolute atomic E-state index is 12.4. The molecule has 8 heteroatoms. The zero-order valence-electron chi connectivity index (χ0n) is 10.7. The van der Waals surface area contributed by atoms with Crippen LogP contribution >= 0.6 is 27.5 Å². The van der Waals surface area contributed by atoms with Gasteiger partial charge >= 0.3 is 0 Å². The largest absolute Gasteiger partial charge is 0.266 e. The number of aromatic nitrogens is 2. The Bertz CT molecular complexity index is 702. The lowest BCUT2D eigenvalue weighted by molar-refractivity contribution is 0.463. The Hall–Kier alpha value is -0.890. The van der Waals surface area contributed by atoms with Crippen molar-refractivity contribution < 1.29 is 8.42 Å². The Morgan fingerprint density at radius 2 is 2.20 bits per heavy atom.